The van der Waals surface area contributed by atoms with Gasteiger partial charge >= 0.3 is 0 Å². The van der Waals surface area contributed by atoms with Crippen molar-refractivity contribution in [1.82, 2.24) is 5.32 Å². The number of nitrogens with one attached hydrogen (secondary N) is 1. The van der Waals surface area contributed by atoms with Gasteiger partial charge in [-0.2, -0.15) is 0 Å². The average molecular weight is 225 g/mol. The first-order valence-electron chi connectivity index (χ1n) is 5.01. The van der Waals surface area contributed by atoms with E-state index in [1.807, 2.05) is 0 Å². The molecule has 1 fully saturated rings. The van der Waals surface area contributed by atoms with Crippen molar-refractivity contribution in [3.63, 3.8) is 0 Å². The molecule has 2 rings (SSSR count). The van der Waals surface area contributed by atoms with Gasteiger partial charge in [-0.25, -0.2) is 0 Å². The van der Waals surface area contributed by atoms with Crippen LogP contribution in [0.25, 0.3) is 0 Å². The zero-order chi connectivity index (χ0) is 10.8. The normalized spacial score (nSPS) is 20.5. The van der Waals surface area contributed by atoms with E-state index in [1.54, 1.807) is 18.2 Å². The summed E-state index contributed by atoms with van der Waals surface area (Å²) >= 11 is 5.77. The third-order valence-electron chi connectivity index (χ3n) is 2.66. The zero-order valence-electron chi connectivity index (χ0n) is 8.29. The van der Waals surface area contributed by atoms with Gasteiger partial charge in [-0.05, 0) is 37.6 Å². The van der Waals surface area contributed by atoms with Crippen molar-refractivity contribution in [3.8, 4) is 0 Å². The van der Waals surface area contributed by atoms with Gasteiger partial charge in [0.15, 0.2) is 5.78 Å². The molecule has 0 bridgehead atoms. The Labute approximate surface area is 93.6 Å². The Bertz CT molecular complexity index is 386. The van der Waals surface area contributed by atoms with E-state index >= 15 is 0 Å². The number of benzene rings is 1. The number of ketones is 1. The van der Waals surface area contributed by atoms with Crippen molar-refractivity contribution in [2.24, 2.45) is 0 Å². The topological polar surface area (TPSA) is 55.1 Å². The minimum atomic E-state index is -0.0755. The number of carbonyl (C=O) groups is 1. The van der Waals surface area contributed by atoms with Crippen LogP contribution < -0.4 is 11.1 Å². The van der Waals surface area contributed by atoms with E-state index in [0.29, 0.717) is 16.3 Å². The van der Waals surface area contributed by atoms with Gasteiger partial charge in [-0.3, -0.25) is 4.79 Å². The van der Waals surface area contributed by atoms with Crippen LogP contribution >= 0.6 is 11.6 Å². The Morgan fingerprint density at radius 1 is 1.53 bits per heavy atom. The highest BCUT2D eigenvalue weighted by Crippen LogP contribution is 2.21. The molecular weight excluding hydrogens is 212 g/mol. The molecule has 4 heteroatoms. The molecule has 80 valence electrons. The SMILES string of the molecule is Nc1cc(Cl)ccc1C(=O)C1CCCN1. The smallest absolute Gasteiger partial charge is 0.181 e. The zero-order valence-corrected chi connectivity index (χ0v) is 9.05. The number of Topliss-reactive ketones (excluding diaryl/α,β-unsaturated/α-hetero) is 1. The average Bonchev–Trinajstić information content (AvgIpc) is 2.69. The molecular formula is C11H13ClN2O. The summed E-state index contributed by atoms with van der Waals surface area (Å²) in [7, 11) is 0. The molecule has 1 heterocycles. The molecule has 0 amide bonds. The van der Waals surface area contributed by atoms with Crippen LogP contribution in [-0.2, 0) is 0 Å². The summed E-state index contributed by atoms with van der Waals surface area (Å²) in [6.07, 6.45) is 1.94. The first kappa shape index (κ1) is 10.5. The van der Waals surface area contributed by atoms with Crippen molar-refractivity contribution < 1.29 is 4.79 Å². The number of carbonyl (C=O) groups excluding carboxylic acids is 1. The molecule has 0 spiro atoms. The maximum atomic E-state index is 12.0. The molecule has 3 nitrogen and oxygen atoms in total. The first-order valence-corrected chi connectivity index (χ1v) is 5.39. The molecule has 15 heavy (non-hydrogen) atoms. The summed E-state index contributed by atoms with van der Waals surface area (Å²) in [5, 5.41) is 3.72. The number of rotatable bonds is 2. The highest BCUT2D eigenvalue weighted by Gasteiger charge is 2.24. The van der Waals surface area contributed by atoms with E-state index < -0.39 is 0 Å². The van der Waals surface area contributed by atoms with Crippen molar-refractivity contribution in [1.29, 1.82) is 0 Å². The van der Waals surface area contributed by atoms with Crippen molar-refractivity contribution in [3.05, 3.63) is 28.8 Å². The van der Waals surface area contributed by atoms with Gasteiger partial charge < -0.3 is 11.1 Å². The van der Waals surface area contributed by atoms with Crippen LogP contribution in [0.4, 0.5) is 5.69 Å². The number of nitrogen functional groups attached to an aromatic ring is 1. The Morgan fingerprint density at radius 2 is 2.33 bits per heavy atom. The van der Waals surface area contributed by atoms with Crippen LogP contribution in [0.1, 0.15) is 23.2 Å². The van der Waals surface area contributed by atoms with Crippen LogP contribution in [0, 0.1) is 0 Å². The fourth-order valence-corrected chi connectivity index (χ4v) is 2.03. The lowest BCUT2D eigenvalue weighted by Gasteiger charge is -2.10. The maximum Gasteiger partial charge on any atom is 0.181 e. The van der Waals surface area contributed by atoms with E-state index in [1.165, 1.54) is 0 Å². The lowest BCUT2D eigenvalue weighted by atomic mass is 10.0. The Morgan fingerprint density at radius 3 is 2.93 bits per heavy atom. The van der Waals surface area contributed by atoms with Crippen molar-refractivity contribution >= 4 is 23.1 Å². The molecule has 1 atom stereocenters. The number of hydrogen-bond acceptors (Lipinski definition) is 3. The van der Waals surface area contributed by atoms with Gasteiger partial charge in [0, 0.05) is 16.3 Å². The third kappa shape index (κ3) is 2.13. The van der Waals surface area contributed by atoms with E-state index in [0.717, 1.165) is 19.4 Å². The van der Waals surface area contributed by atoms with E-state index in [2.05, 4.69) is 5.32 Å². The molecule has 1 aromatic carbocycles. The molecule has 1 aliphatic heterocycles. The summed E-state index contributed by atoms with van der Waals surface area (Å²) in [5.74, 6) is 0.0710. The van der Waals surface area contributed by atoms with Crippen LogP contribution in [0.15, 0.2) is 18.2 Å². The molecule has 0 aliphatic carbocycles. The van der Waals surface area contributed by atoms with E-state index in [-0.39, 0.29) is 11.8 Å². The summed E-state index contributed by atoms with van der Waals surface area (Å²) in [6.45, 7) is 0.907. The number of nitrogens with two attached hydrogens (primary N) is 1. The first-order chi connectivity index (χ1) is 7.18. The molecule has 1 unspecified atom stereocenters. The van der Waals surface area contributed by atoms with E-state index in [9.17, 15) is 4.79 Å². The van der Waals surface area contributed by atoms with Crippen LogP contribution in [0.3, 0.4) is 0 Å². The lowest BCUT2D eigenvalue weighted by Crippen LogP contribution is -2.31. The number of anilines is 1. The summed E-state index contributed by atoms with van der Waals surface area (Å²) in [4.78, 5) is 12.0. The predicted octanol–water partition coefficient (Wildman–Crippen LogP) is 1.86. The quantitative estimate of drug-likeness (QED) is 0.596. The van der Waals surface area contributed by atoms with E-state index in [4.69, 9.17) is 17.3 Å². The van der Waals surface area contributed by atoms with Crippen LogP contribution in [0.5, 0.6) is 0 Å². The second kappa shape index (κ2) is 4.21. The molecule has 1 aliphatic rings. The molecule has 0 saturated carbocycles. The molecule has 3 N–H and O–H groups in total. The highest BCUT2D eigenvalue weighted by molar-refractivity contribution is 6.31. The summed E-state index contributed by atoms with van der Waals surface area (Å²) < 4.78 is 0. The summed E-state index contributed by atoms with van der Waals surface area (Å²) in [6, 6.07) is 4.93. The Kier molecular flexibility index (Phi) is 2.93. The largest absolute Gasteiger partial charge is 0.398 e. The van der Waals surface area contributed by atoms with Gasteiger partial charge in [0.2, 0.25) is 0 Å². The second-order valence-corrected chi connectivity index (χ2v) is 4.18. The van der Waals surface area contributed by atoms with Crippen LogP contribution in [-0.4, -0.2) is 18.4 Å². The van der Waals surface area contributed by atoms with Gasteiger partial charge in [-0.1, -0.05) is 11.6 Å². The van der Waals surface area contributed by atoms with Gasteiger partial charge in [-0.15, -0.1) is 0 Å². The number of halogens is 1. The Hall–Kier alpha value is -1.06. The molecule has 0 radical (unpaired) electrons. The Balaban J connectivity index is 2.24. The maximum absolute atomic E-state index is 12.0. The van der Waals surface area contributed by atoms with Gasteiger partial charge in [0.1, 0.15) is 0 Å². The predicted molar refractivity (Wildman–Crippen MR) is 61.2 cm³/mol. The van der Waals surface area contributed by atoms with Crippen molar-refractivity contribution in [2.45, 2.75) is 18.9 Å². The standard InChI is InChI=1S/C11H13ClN2O/c12-7-3-4-8(9(13)6-7)11(15)10-2-1-5-14-10/h3-4,6,10,14H,1-2,5,13H2. The minimum absolute atomic E-state index is 0.0710. The number of hydrogen-bond donors (Lipinski definition) is 2. The monoisotopic (exact) mass is 224 g/mol. The fraction of sp³-hybridized carbons (Fsp3) is 0.364. The molecule has 1 aromatic rings. The molecule has 0 aromatic heterocycles. The fourth-order valence-electron chi connectivity index (χ4n) is 1.85. The van der Waals surface area contributed by atoms with Gasteiger partial charge in [0.25, 0.3) is 0 Å². The minimum Gasteiger partial charge on any atom is -0.398 e. The second-order valence-electron chi connectivity index (χ2n) is 3.74. The van der Waals surface area contributed by atoms with Crippen LogP contribution in [0.2, 0.25) is 5.02 Å². The highest BCUT2D eigenvalue weighted by atomic mass is 35.5. The molecule has 1 saturated heterocycles. The van der Waals surface area contributed by atoms with Crippen molar-refractivity contribution in [2.75, 3.05) is 12.3 Å². The summed E-state index contributed by atoms with van der Waals surface area (Å²) in [5.41, 5.74) is 6.78. The lowest BCUT2D eigenvalue weighted by molar-refractivity contribution is 0.0953. The third-order valence-corrected chi connectivity index (χ3v) is 2.89. The van der Waals surface area contributed by atoms with Gasteiger partial charge in [0.05, 0.1) is 6.04 Å².